The molecule has 1 saturated carbocycles. The number of hydrogen-bond acceptors (Lipinski definition) is 3. The van der Waals surface area contributed by atoms with Crippen LogP contribution in [0.5, 0.6) is 0 Å². The Morgan fingerprint density at radius 2 is 2.00 bits per heavy atom. The molecular formula is C12H18N2O3. The zero-order chi connectivity index (χ0) is 12.0. The molecule has 1 atom stereocenters. The summed E-state index contributed by atoms with van der Waals surface area (Å²) in [6.45, 7) is 2.30. The van der Waals surface area contributed by atoms with Crippen molar-refractivity contribution in [3.05, 3.63) is 0 Å². The largest absolute Gasteiger partial charge is 0.389 e. The van der Waals surface area contributed by atoms with Crippen LogP contribution in [0.25, 0.3) is 0 Å². The van der Waals surface area contributed by atoms with Gasteiger partial charge in [-0.15, -0.1) is 0 Å². The summed E-state index contributed by atoms with van der Waals surface area (Å²) in [5.74, 6) is 0.672. The van der Waals surface area contributed by atoms with Gasteiger partial charge in [0.15, 0.2) is 0 Å². The van der Waals surface area contributed by atoms with Crippen molar-refractivity contribution in [2.75, 3.05) is 26.2 Å². The van der Waals surface area contributed by atoms with Gasteiger partial charge in [-0.25, -0.2) is 0 Å². The smallest absolute Gasteiger partial charge is 0.228 e. The topological polar surface area (TPSA) is 60.9 Å². The molecule has 0 spiro atoms. The van der Waals surface area contributed by atoms with E-state index in [1.165, 1.54) is 12.8 Å². The van der Waals surface area contributed by atoms with Gasteiger partial charge in [-0.05, 0) is 18.8 Å². The first-order valence-electron chi connectivity index (χ1n) is 6.38. The average molecular weight is 238 g/mol. The van der Waals surface area contributed by atoms with Gasteiger partial charge in [-0.2, -0.15) is 0 Å². The van der Waals surface area contributed by atoms with E-state index in [4.69, 9.17) is 5.11 Å². The van der Waals surface area contributed by atoms with Crippen LogP contribution in [0.1, 0.15) is 19.3 Å². The zero-order valence-corrected chi connectivity index (χ0v) is 9.84. The number of carbonyl (C=O) groups excluding carboxylic acids is 2. The first-order chi connectivity index (χ1) is 8.13. The molecule has 5 nitrogen and oxygen atoms in total. The highest BCUT2D eigenvalue weighted by atomic mass is 16.3. The Hall–Kier alpha value is -1.10. The Morgan fingerprint density at radius 1 is 1.29 bits per heavy atom. The first-order valence-corrected chi connectivity index (χ1v) is 6.38. The van der Waals surface area contributed by atoms with Gasteiger partial charge in [0.05, 0.1) is 12.0 Å². The van der Waals surface area contributed by atoms with E-state index in [1.807, 2.05) is 4.90 Å². The molecule has 17 heavy (non-hydrogen) atoms. The van der Waals surface area contributed by atoms with Crippen LogP contribution in [-0.2, 0) is 9.59 Å². The minimum atomic E-state index is -0.362. The fraction of sp³-hybridized carbons (Fsp3) is 0.833. The van der Waals surface area contributed by atoms with Crippen molar-refractivity contribution in [1.29, 1.82) is 0 Å². The maximum absolute atomic E-state index is 12.0. The van der Waals surface area contributed by atoms with Crippen molar-refractivity contribution in [3.63, 3.8) is 0 Å². The number of aliphatic hydroxyl groups is 1. The summed E-state index contributed by atoms with van der Waals surface area (Å²) >= 11 is 0. The van der Waals surface area contributed by atoms with E-state index in [9.17, 15) is 9.59 Å². The summed E-state index contributed by atoms with van der Waals surface area (Å²) in [6.07, 6.45) is 2.44. The number of aliphatic hydroxyl groups excluding tert-OH is 1. The Balaban J connectivity index is 1.54. The lowest BCUT2D eigenvalue weighted by molar-refractivity contribution is -0.145. The van der Waals surface area contributed by atoms with E-state index in [2.05, 4.69) is 0 Å². The predicted molar refractivity (Wildman–Crippen MR) is 60.0 cm³/mol. The zero-order valence-electron chi connectivity index (χ0n) is 9.84. The molecule has 3 fully saturated rings. The molecular weight excluding hydrogens is 220 g/mol. The molecule has 0 bridgehead atoms. The summed E-state index contributed by atoms with van der Waals surface area (Å²) in [5, 5.41) is 9.17. The van der Waals surface area contributed by atoms with E-state index in [-0.39, 0.29) is 23.8 Å². The van der Waals surface area contributed by atoms with Gasteiger partial charge in [0.1, 0.15) is 0 Å². The maximum atomic E-state index is 12.0. The third-order valence-electron chi connectivity index (χ3n) is 3.91. The van der Waals surface area contributed by atoms with Crippen LogP contribution in [-0.4, -0.2) is 59.0 Å². The molecule has 94 valence electrons. The molecule has 2 aliphatic heterocycles. The van der Waals surface area contributed by atoms with Crippen LogP contribution in [0, 0.1) is 11.8 Å². The Morgan fingerprint density at radius 3 is 2.59 bits per heavy atom. The van der Waals surface area contributed by atoms with E-state index in [1.54, 1.807) is 4.90 Å². The van der Waals surface area contributed by atoms with Gasteiger partial charge < -0.3 is 14.9 Å². The second-order valence-corrected chi connectivity index (χ2v) is 5.54. The van der Waals surface area contributed by atoms with E-state index >= 15 is 0 Å². The van der Waals surface area contributed by atoms with Crippen molar-refractivity contribution in [3.8, 4) is 0 Å². The highest BCUT2D eigenvalue weighted by Gasteiger charge is 2.41. The van der Waals surface area contributed by atoms with Crippen LogP contribution in [0.2, 0.25) is 0 Å². The van der Waals surface area contributed by atoms with Crippen LogP contribution in [0.3, 0.4) is 0 Å². The molecule has 1 aliphatic carbocycles. The molecule has 2 heterocycles. The molecule has 1 N–H and O–H groups in total. The van der Waals surface area contributed by atoms with Crippen molar-refractivity contribution < 1.29 is 14.7 Å². The predicted octanol–water partition coefficient (Wildman–Crippen LogP) is -0.552. The van der Waals surface area contributed by atoms with Gasteiger partial charge in [-0.1, -0.05) is 0 Å². The van der Waals surface area contributed by atoms with E-state index < -0.39 is 0 Å². The third-order valence-corrected chi connectivity index (χ3v) is 3.91. The molecule has 1 unspecified atom stereocenters. The maximum Gasteiger partial charge on any atom is 0.228 e. The number of carbonyl (C=O) groups is 2. The molecule has 3 aliphatic rings. The summed E-state index contributed by atoms with van der Waals surface area (Å²) in [4.78, 5) is 27.3. The van der Waals surface area contributed by atoms with E-state index in [0.29, 0.717) is 32.0 Å². The van der Waals surface area contributed by atoms with Gasteiger partial charge in [0.25, 0.3) is 0 Å². The average Bonchev–Trinajstić information content (AvgIpc) is 2.98. The molecule has 2 amide bonds. The number of nitrogens with zero attached hydrogens (tertiary/aromatic N) is 2. The lowest BCUT2D eigenvalue weighted by Gasteiger charge is -2.37. The van der Waals surface area contributed by atoms with Crippen LogP contribution in [0.15, 0.2) is 0 Å². The SMILES string of the molecule is O=C1CC(C(=O)N2CC(O)C2)CN1CC1CC1. The molecule has 3 rings (SSSR count). The highest BCUT2D eigenvalue weighted by molar-refractivity contribution is 5.89. The summed E-state index contributed by atoms with van der Waals surface area (Å²) in [7, 11) is 0. The van der Waals surface area contributed by atoms with Crippen LogP contribution in [0.4, 0.5) is 0 Å². The molecule has 2 saturated heterocycles. The van der Waals surface area contributed by atoms with Crippen molar-refractivity contribution in [1.82, 2.24) is 9.80 Å². The van der Waals surface area contributed by atoms with Crippen LogP contribution < -0.4 is 0 Å². The highest BCUT2D eigenvalue weighted by Crippen LogP contribution is 2.32. The van der Waals surface area contributed by atoms with Gasteiger partial charge >= 0.3 is 0 Å². The lowest BCUT2D eigenvalue weighted by Crippen LogP contribution is -2.55. The Kier molecular flexibility index (Phi) is 2.58. The van der Waals surface area contributed by atoms with Gasteiger partial charge in [-0.3, -0.25) is 9.59 Å². The molecule has 0 aromatic heterocycles. The summed E-state index contributed by atoms with van der Waals surface area (Å²) in [6, 6.07) is 0. The molecule has 0 radical (unpaired) electrons. The van der Waals surface area contributed by atoms with Crippen molar-refractivity contribution in [2.24, 2.45) is 11.8 Å². The molecule has 5 heteroatoms. The van der Waals surface area contributed by atoms with Crippen molar-refractivity contribution >= 4 is 11.8 Å². The fourth-order valence-corrected chi connectivity index (χ4v) is 2.62. The van der Waals surface area contributed by atoms with Crippen molar-refractivity contribution in [2.45, 2.75) is 25.4 Å². The fourth-order valence-electron chi connectivity index (χ4n) is 2.62. The monoisotopic (exact) mass is 238 g/mol. The second kappa shape index (κ2) is 3.98. The minimum Gasteiger partial charge on any atom is -0.389 e. The van der Waals surface area contributed by atoms with E-state index in [0.717, 1.165) is 6.54 Å². The Bertz CT molecular complexity index is 348. The summed E-state index contributed by atoms with van der Waals surface area (Å²) in [5.41, 5.74) is 0. The minimum absolute atomic E-state index is 0.0435. The quantitative estimate of drug-likeness (QED) is 0.717. The summed E-state index contributed by atoms with van der Waals surface area (Å²) < 4.78 is 0. The first kappa shape index (κ1) is 11.0. The van der Waals surface area contributed by atoms with Crippen LogP contribution >= 0.6 is 0 Å². The number of hydrogen-bond donors (Lipinski definition) is 1. The third kappa shape index (κ3) is 2.16. The van der Waals surface area contributed by atoms with Gasteiger partial charge in [0, 0.05) is 32.6 Å². The Labute approximate surface area is 100 Å². The number of rotatable bonds is 3. The van der Waals surface area contributed by atoms with Gasteiger partial charge in [0.2, 0.25) is 11.8 Å². The molecule has 0 aromatic rings. The lowest BCUT2D eigenvalue weighted by atomic mass is 10.0. The number of β-amino-alcohol motifs (C(OH)–C–C–N with tert-alkyl or cyclic N) is 1. The number of likely N-dealkylation sites (tertiary alicyclic amines) is 2. The standard InChI is InChI=1S/C12H18N2O3/c15-10-6-14(7-10)12(17)9-3-11(16)13(5-9)4-8-1-2-8/h8-10,15H,1-7H2. The second-order valence-electron chi connectivity index (χ2n) is 5.54. The normalized spacial score (nSPS) is 29.7. The number of amides is 2. The molecule has 0 aromatic carbocycles.